The number of benzene rings is 1. The van der Waals surface area contributed by atoms with Crippen LogP contribution in [0.5, 0.6) is 17.5 Å². The van der Waals surface area contributed by atoms with Crippen LogP contribution in [0, 0.1) is 0 Å². The van der Waals surface area contributed by atoms with Gasteiger partial charge in [0.2, 0.25) is 0 Å². The fraction of sp³-hybridized carbons (Fsp3) is 0.353. The summed E-state index contributed by atoms with van der Waals surface area (Å²) in [6.07, 6.45) is 2.69. The number of aromatic nitrogens is 2. The predicted molar refractivity (Wildman–Crippen MR) is 94.3 cm³/mol. The zero-order chi connectivity index (χ0) is 17.5. The van der Waals surface area contributed by atoms with Crippen LogP contribution in [0.15, 0.2) is 41.1 Å². The first-order chi connectivity index (χ1) is 11.5. The number of amides is 1. The maximum atomic E-state index is 12.2. The normalized spacial score (nSPS) is 11.7. The van der Waals surface area contributed by atoms with Gasteiger partial charge in [0, 0.05) is 25.5 Å². The van der Waals surface area contributed by atoms with Gasteiger partial charge >= 0.3 is 6.01 Å². The van der Waals surface area contributed by atoms with Gasteiger partial charge in [0.1, 0.15) is 11.5 Å². The lowest BCUT2D eigenvalue weighted by molar-refractivity contribution is -0.137. The minimum Gasteiger partial charge on any atom is -0.481 e. The molecule has 7 heteroatoms. The summed E-state index contributed by atoms with van der Waals surface area (Å²) >= 11 is 3.27. The number of carbonyl (C=O) groups is 1. The molecule has 0 aliphatic carbocycles. The maximum Gasteiger partial charge on any atom is 0.321 e. The van der Waals surface area contributed by atoms with E-state index in [1.54, 1.807) is 48.5 Å². The molecule has 0 N–H and O–H groups in total. The van der Waals surface area contributed by atoms with E-state index in [1.165, 1.54) is 0 Å². The minimum atomic E-state index is -0.536. The predicted octanol–water partition coefficient (Wildman–Crippen LogP) is 3.67. The van der Waals surface area contributed by atoms with Crippen molar-refractivity contribution in [3.05, 3.63) is 41.1 Å². The lowest BCUT2D eigenvalue weighted by Crippen LogP contribution is -2.40. The molecule has 1 atom stereocenters. The van der Waals surface area contributed by atoms with Gasteiger partial charge in [-0.05, 0) is 61.0 Å². The topological polar surface area (TPSA) is 64.6 Å². The van der Waals surface area contributed by atoms with Crippen LogP contribution in [-0.2, 0) is 4.79 Å². The number of hydrogen-bond acceptors (Lipinski definition) is 5. The molecule has 6 nitrogen and oxygen atoms in total. The SMILES string of the molecule is CCN(CC)C(=O)C(C)Oc1ccc(Oc2ncc(Br)cn2)cc1. The highest BCUT2D eigenvalue weighted by molar-refractivity contribution is 9.10. The molecule has 0 fully saturated rings. The first kappa shape index (κ1) is 18.2. The second kappa shape index (κ2) is 8.63. The van der Waals surface area contributed by atoms with E-state index in [2.05, 4.69) is 25.9 Å². The summed E-state index contributed by atoms with van der Waals surface area (Å²) in [6.45, 7) is 6.99. The zero-order valence-corrected chi connectivity index (χ0v) is 15.5. The molecule has 1 heterocycles. The molecule has 2 aromatic rings. The average molecular weight is 394 g/mol. The highest BCUT2D eigenvalue weighted by Crippen LogP contribution is 2.22. The Bertz CT molecular complexity index is 658. The third-order valence-corrected chi connectivity index (χ3v) is 3.77. The smallest absolute Gasteiger partial charge is 0.321 e. The van der Waals surface area contributed by atoms with Gasteiger partial charge in [-0.1, -0.05) is 0 Å². The summed E-state index contributed by atoms with van der Waals surface area (Å²) < 4.78 is 12.0. The summed E-state index contributed by atoms with van der Waals surface area (Å²) in [5.74, 6) is 1.17. The molecule has 24 heavy (non-hydrogen) atoms. The lowest BCUT2D eigenvalue weighted by Gasteiger charge is -2.23. The van der Waals surface area contributed by atoms with E-state index < -0.39 is 6.10 Å². The monoisotopic (exact) mass is 393 g/mol. The molecule has 0 radical (unpaired) electrons. The van der Waals surface area contributed by atoms with Gasteiger partial charge in [-0.25, -0.2) is 9.97 Å². The first-order valence-corrected chi connectivity index (χ1v) is 8.53. The summed E-state index contributed by atoms with van der Waals surface area (Å²) in [6, 6.07) is 7.25. The summed E-state index contributed by atoms with van der Waals surface area (Å²) in [5.41, 5.74) is 0. The van der Waals surface area contributed by atoms with Crippen LogP contribution in [0.1, 0.15) is 20.8 Å². The van der Waals surface area contributed by atoms with Crippen molar-refractivity contribution in [2.24, 2.45) is 0 Å². The van der Waals surface area contributed by atoms with Crippen molar-refractivity contribution in [2.75, 3.05) is 13.1 Å². The molecule has 1 aromatic carbocycles. The molecule has 0 saturated heterocycles. The molecule has 1 amide bonds. The third kappa shape index (κ3) is 4.92. The molecular formula is C17H20BrN3O3. The van der Waals surface area contributed by atoms with E-state index in [-0.39, 0.29) is 11.9 Å². The largest absolute Gasteiger partial charge is 0.481 e. The number of halogens is 1. The van der Waals surface area contributed by atoms with Crippen LogP contribution in [0.3, 0.4) is 0 Å². The van der Waals surface area contributed by atoms with Gasteiger partial charge in [-0.2, -0.15) is 0 Å². The molecule has 2 rings (SSSR count). The molecule has 0 aliphatic heterocycles. The van der Waals surface area contributed by atoms with Gasteiger partial charge in [-0.3, -0.25) is 4.79 Å². The van der Waals surface area contributed by atoms with Crippen LogP contribution >= 0.6 is 15.9 Å². The highest BCUT2D eigenvalue weighted by Gasteiger charge is 2.19. The molecule has 0 aliphatic rings. The Morgan fingerprint density at radius 3 is 2.21 bits per heavy atom. The molecule has 1 unspecified atom stereocenters. The van der Waals surface area contributed by atoms with Crippen molar-refractivity contribution in [1.29, 1.82) is 0 Å². The van der Waals surface area contributed by atoms with E-state index in [0.29, 0.717) is 24.6 Å². The summed E-state index contributed by atoms with van der Waals surface area (Å²) in [5, 5.41) is 0. The molecule has 0 saturated carbocycles. The lowest BCUT2D eigenvalue weighted by atomic mass is 10.3. The minimum absolute atomic E-state index is 0.0245. The fourth-order valence-electron chi connectivity index (χ4n) is 2.09. The van der Waals surface area contributed by atoms with Crippen molar-refractivity contribution in [3.8, 4) is 17.5 Å². The van der Waals surface area contributed by atoms with Crippen molar-refractivity contribution >= 4 is 21.8 Å². The molecular weight excluding hydrogens is 374 g/mol. The van der Waals surface area contributed by atoms with E-state index >= 15 is 0 Å². The van der Waals surface area contributed by atoms with Crippen LogP contribution in [0.25, 0.3) is 0 Å². The van der Waals surface area contributed by atoms with Gasteiger partial charge in [-0.15, -0.1) is 0 Å². The summed E-state index contributed by atoms with van der Waals surface area (Å²) in [4.78, 5) is 22.0. The van der Waals surface area contributed by atoms with Crippen LogP contribution in [0.2, 0.25) is 0 Å². The number of carbonyl (C=O) groups excluding carboxylic acids is 1. The Balaban J connectivity index is 1.96. The maximum absolute atomic E-state index is 12.2. The summed E-state index contributed by atoms with van der Waals surface area (Å²) in [7, 11) is 0. The Morgan fingerprint density at radius 1 is 1.12 bits per heavy atom. The van der Waals surface area contributed by atoms with Gasteiger partial charge in [0.05, 0.1) is 4.47 Å². The fourth-order valence-corrected chi connectivity index (χ4v) is 2.30. The number of ether oxygens (including phenoxy) is 2. The Kier molecular flexibility index (Phi) is 6.54. The third-order valence-electron chi connectivity index (χ3n) is 3.37. The number of rotatable bonds is 7. The molecule has 1 aromatic heterocycles. The van der Waals surface area contributed by atoms with Crippen molar-refractivity contribution in [3.63, 3.8) is 0 Å². The molecule has 0 bridgehead atoms. The van der Waals surface area contributed by atoms with Crippen molar-refractivity contribution in [2.45, 2.75) is 26.9 Å². The first-order valence-electron chi connectivity index (χ1n) is 7.74. The Hall–Kier alpha value is -2.15. The van der Waals surface area contributed by atoms with E-state index in [9.17, 15) is 4.79 Å². The van der Waals surface area contributed by atoms with E-state index in [4.69, 9.17) is 9.47 Å². The molecule has 0 spiro atoms. The second-order valence-corrected chi connectivity index (χ2v) is 5.94. The second-order valence-electron chi connectivity index (χ2n) is 5.03. The van der Waals surface area contributed by atoms with Gasteiger partial charge in [0.15, 0.2) is 6.10 Å². The van der Waals surface area contributed by atoms with E-state index in [1.807, 2.05) is 13.8 Å². The average Bonchev–Trinajstić information content (AvgIpc) is 2.59. The quantitative estimate of drug-likeness (QED) is 0.717. The van der Waals surface area contributed by atoms with Crippen molar-refractivity contribution < 1.29 is 14.3 Å². The number of likely N-dealkylation sites (N-methyl/N-ethyl adjacent to an activating group) is 1. The van der Waals surface area contributed by atoms with E-state index in [0.717, 1.165) is 4.47 Å². The van der Waals surface area contributed by atoms with Crippen LogP contribution in [0.4, 0.5) is 0 Å². The van der Waals surface area contributed by atoms with Crippen LogP contribution < -0.4 is 9.47 Å². The highest BCUT2D eigenvalue weighted by atomic mass is 79.9. The van der Waals surface area contributed by atoms with Gasteiger partial charge in [0.25, 0.3) is 5.91 Å². The standard InChI is InChI=1S/C17H20BrN3O3/c1-4-21(5-2)16(22)12(3)23-14-6-8-15(9-7-14)24-17-19-10-13(18)11-20-17/h6-12H,4-5H2,1-3H3. The van der Waals surface area contributed by atoms with Crippen LogP contribution in [-0.4, -0.2) is 40.0 Å². The Labute approximate surface area is 149 Å². The number of hydrogen-bond donors (Lipinski definition) is 0. The van der Waals surface area contributed by atoms with Gasteiger partial charge < -0.3 is 14.4 Å². The number of nitrogens with zero attached hydrogens (tertiary/aromatic N) is 3. The van der Waals surface area contributed by atoms with Crippen molar-refractivity contribution in [1.82, 2.24) is 14.9 Å². The molecule has 128 valence electrons. The Morgan fingerprint density at radius 2 is 1.67 bits per heavy atom. The zero-order valence-electron chi connectivity index (χ0n) is 13.9.